The smallest absolute Gasteiger partial charge is 0.192 e. The Morgan fingerprint density at radius 3 is 2.55 bits per heavy atom. The average Bonchev–Trinajstić information content (AvgIpc) is 3.06. The summed E-state index contributed by atoms with van der Waals surface area (Å²) in [5.41, 5.74) is 1.42. The molecule has 0 aromatic heterocycles. The number of allylic oxidation sites excluding steroid dienone is 3. The van der Waals surface area contributed by atoms with Crippen molar-refractivity contribution >= 4 is 8.32 Å². The Labute approximate surface area is 205 Å². The predicted octanol–water partition coefficient (Wildman–Crippen LogP) is 8.70. The molecule has 1 fully saturated rings. The molecule has 184 valence electrons. The van der Waals surface area contributed by atoms with Crippen LogP contribution in [-0.4, -0.2) is 20.5 Å². The minimum Gasteiger partial charge on any atom is -0.495 e. The molecule has 0 radical (unpaired) electrons. The number of ether oxygens (including phenoxy) is 1. The van der Waals surface area contributed by atoms with E-state index in [-0.39, 0.29) is 5.04 Å². The molecule has 0 spiro atoms. The molecule has 0 bridgehead atoms. The van der Waals surface area contributed by atoms with Crippen LogP contribution in [0.4, 0.5) is 0 Å². The lowest BCUT2D eigenvalue weighted by molar-refractivity contribution is 0.0663. The summed E-state index contributed by atoms with van der Waals surface area (Å²) < 4.78 is 13.4. The first-order chi connectivity index (χ1) is 15.6. The van der Waals surface area contributed by atoms with Crippen molar-refractivity contribution in [1.29, 1.82) is 0 Å². The van der Waals surface area contributed by atoms with Crippen LogP contribution in [0.25, 0.3) is 0 Å². The van der Waals surface area contributed by atoms with Gasteiger partial charge in [0.25, 0.3) is 0 Å². The molecule has 1 aromatic rings. The van der Waals surface area contributed by atoms with Crippen LogP contribution in [0.5, 0.6) is 0 Å². The van der Waals surface area contributed by atoms with E-state index in [1.165, 1.54) is 18.4 Å². The van der Waals surface area contributed by atoms with Crippen LogP contribution < -0.4 is 0 Å². The fourth-order valence-corrected chi connectivity index (χ4v) is 6.89. The van der Waals surface area contributed by atoms with E-state index < -0.39 is 8.32 Å². The molecule has 0 N–H and O–H groups in total. The van der Waals surface area contributed by atoms with Gasteiger partial charge >= 0.3 is 0 Å². The average molecular weight is 469 g/mol. The summed E-state index contributed by atoms with van der Waals surface area (Å²) in [6.45, 7) is 18.5. The van der Waals surface area contributed by atoms with Gasteiger partial charge in [0.2, 0.25) is 0 Å². The Kier molecular flexibility index (Phi) is 9.08. The molecule has 33 heavy (non-hydrogen) atoms. The van der Waals surface area contributed by atoms with E-state index in [1.54, 1.807) is 0 Å². The molecule has 3 heteroatoms. The van der Waals surface area contributed by atoms with E-state index >= 15 is 0 Å². The summed E-state index contributed by atoms with van der Waals surface area (Å²) in [5.74, 6) is 2.98. The van der Waals surface area contributed by atoms with Gasteiger partial charge in [0.05, 0.1) is 5.76 Å². The third-order valence-corrected chi connectivity index (χ3v) is 13.1. The molecule has 1 saturated carbocycles. The maximum atomic E-state index is 7.02. The second kappa shape index (κ2) is 11.4. The van der Waals surface area contributed by atoms with Gasteiger partial charge in [-0.15, -0.1) is 0 Å². The quantitative estimate of drug-likeness (QED) is 0.280. The second-order valence-corrected chi connectivity index (χ2v) is 16.8. The summed E-state index contributed by atoms with van der Waals surface area (Å²) in [7, 11) is -1.81. The SMILES string of the molecule is C=C1CC/C=C\C[C@@H]2[C@@H](CCC(CCc3ccccc3)O[Si](C)(C)C(C)(C)C)[C@H](C)C[C@@H]2O1. The molecule has 1 heterocycles. The third kappa shape index (κ3) is 7.33. The molecule has 1 aliphatic heterocycles. The van der Waals surface area contributed by atoms with E-state index in [1.807, 2.05) is 0 Å². The fraction of sp³-hybridized carbons (Fsp3) is 0.667. The van der Waals surface area contributed by atoms with Gasteiger partial charge in [-0.2, -0.15) is 0 Å². The highest BCUT2D eigenvalue weighted by molar-refractivity contribution is 6.74. The van der Waals surface area contributed by atoms with Crippen LogP contribution in [0.3, 0.4) is 0 Å². The normalized spacial score (nSPS) is 28.2. The standard InChI is InChI=1S/C30H48O2Si/c1-23-22-29-28(17-13-8-10-14-24(2)31-29)27(23)21-20-26(32-33(6,7)30(3,4)5)19-18-25-15-11-9-12-16-25/h8-9,11-13,15-16,23,26-29H,2,10,14,17-22H2,1,3-7H3/b13-8-/t23-,26?,27+,28-,29+/m1/s1. The highest BCUT2D eigenvalue weighted by atomic mass is 28.4. The minimum atomic E-state index is -1.81. The molecule has 2 aliphatic rings. The number of fused-ring (bicyclic) bond motifs is 1. The third-order valence-electron chi connectivity index (χ3n) is 8.53. The van der Waals surface area contributed by atoms with Crippen LogP contribution in [-0.2, 0) is 15.6 Å². The summed E-state index contributed by atoms with van der Waals surface area (Å²) >= 11 is 0. The van der Waals surface area contributed by atoms with Crippen molar-refractivity contribution in [2.45, 2.75) is 109 Å². The lowest BCUT2D eigenvalue weighted by Crippen LogP contribution is -2.44. The topological polar surface area (TPSA) is 18.5 Å². The van der Waals surface area contributed by atoms with Gasteiger partial charge in [0, 0.05) is 18.4 Å². The lowest BCUT2D eigenvalue weighted by atomic mass is 9.83. The molecule has 3 rings (SSSR count). The highest BCUT2D eigenvalue weighted by Crippen LogP contribution is 2.46. The Morgan fingerprint density at radius 1 is 1.12 bits per heavy atom. The summed E-state index contributed by atoms with van der Waals surface area (Å²) in [5, 5.41) is 0.237. The van der Waals surface area contributed by atoms with Gasteiger partial charge in [-0.3, -0.25) is 0 Å². The van der Waals surface area contributed by atoms with E-state index in [4.69, 9.17) is 9.16 Å². The van der Waals surface area contributed by atoms with E-state index in [2.05, 4.69) is 89.9 Å². The van der Waals surface area contributed by atoms with Gasteiger partial charge in [0.15, 0.2) is 8.32 Å². The van der Waals surface area contributed by atoms with Gasteiger partial charge < -0.3 is 9.16 Å². The van der Waals surface area contributed by atoms with Crippen molar-refractivity contribution in [3.05, 3.63) is 60.4 Å². The number of hydrogen-bond acceptors (Lipinski definition) is 2. The summed E-state index contributed by atoms with van der Waals surface area (Å²) in [6, 6.07) is 10.9. The van der Waals surface area contributed by atoms with E-state index in [9.17, 15) is 0 Å². The van der Waals surface area contributed by atoms with Crippen molar-refractivity contribution in [2.75, 3.05) is 0 Å². The molecule has 1 unspecified atom stereocenters. The zero-order valence-electron chi connectivity index (χ0n) is 22.1. The molecule has 2 nitrogen and oxygen atoms in total. The molecule has 1 aromatic carbocycles. The zero-order valence-corrected chi connectivity index (χ0v) is 23.1. The molecule has 0 amide bonds. The first kappa shape index (κ1) is 26.3. The van der Waals surface area contributed by atoms with Crippen LogP contribution in [0.2, 0.25) is 18.1 Å². The van der Waals surface area contributed by atoms with Crippen LogP contribution in [0.1, 0.15) is 78.2 Å². The molecule has 5 atom stereocenters. The van der Waals surface area contributed by atoms with Crippen molar-refractivity contribution in [1.82, 2.24) is 0 Å². The first-order valence-corrected chi connectivity index (χ1v) is 16.2. The van der Waals surface area contributed by atoms with Crippen LogP contribution in [0, 0.1) is 17.8 Å². The van der Waals surface area contributed by atoms with Crippen LogP contribution in [0.15, 0.2) is 54.8 Å². The second-order valence-electron chi connectivity index (χ2n) is 12.1. The monoisotopic (exact) mass is 468 g/mol. The number of benzene rings is 1. The Bertz CT molecular complexity index is 776. The summed E-state index contributed by atoms with van der Waals surface area (Å²) in [6.07, 6.45) is 14.3. The van der Waals surface area contributed by atoms with Crippen molar-refractivity contribution in [3.63, 3.8) is 0 Å². The molecular formula is C30H48O2Si. The van der Waals surface area contributed by atoms with Crippen LogP contribution >= 0.6 is 0 Å². The van der Waals surface area contributed by atoms with Gasteiger partial charge in [0.1, 0.15) is 6.10 Å². The van der Waals surface area contributed by atoms with Gasteiger partial charge in [-0.25, -0.2) is 0 Å². The van der Waals surface area contributed by atoms with Gasteiger partial charge in [-0.05, 0) is 80.5 Å². The predicted molar refractivity (Wildman–Crippen MR) is 144 cm³/mol. The summed E-state index contributed by atoms with van der Waals surface area (Å²) in [4.78, 5) is 0. The number of aryl methyl sites for hydroxylation is 1. The first-order valence-electron chi connectivity index (χ1n) is 13.3. The molecule has 1 aliphatic carbocycles. The number of hydrogen-bond donors (Lipinski definition) is 0. The van der Waals surface area contributed by atoms with Crippen molar-refractivity contribution in [2.24, 2.45) is 17.8 Å². The fourth-order valence-electron chi connectivity index (χ4n) is 5.47. The van der Waals surface area contributed by atoms with E-state index in [0.717, 1.165) is 44.3 Å². The molecule has 0 saturated heterocycles. The maximum Gasteiger partial charge on any atom is 0.192 e. The molecular weight excluding hydrogens is 420 g/mol. The highest BCUT2D eigenvalue weighted by Gasteiger charge is 2.43. The Hall–Kier alpha value is -1.32. The Morgan fingerprint density at radius 2 is 1.85 bits per heavy atom. The Balaban J connectivity index is 1.69. The lowest BCUT2D eigenvalue weighted by Gasteiger charge is -2.40. The number of rotatable bonds is 8. The van der Waals surface area contributed by atoms with Gasteiger partial charge in [-0.1, -0.05) is 76.8 Å². The zero-order chi connectivity index (χ0) is 24.1. The van der Waals surface area contributed by atoms with Crippen molar-refractivity contribution < 1.29 is 9.16 Å². The van der Waals surface area contributed by atoms with Crippen molar-refractivity contribution in [3.8, 4) is 0 Å². The minimum absolute atomic E-state index is 0.237. The van der Waals surface area contributed by atoms with E-state index in [0.29, 0.717) is 30.0 Å². The maximum absolute atomic E-state index is 7.02. The largest absolute Gasteiger partial charge is 0.495 e.